The van der Waals surface area contributed by atoms with Crippen molar-refractivity contribution >= 4 is 17.5 Å². The average molecular weight is 282 g/mol. The molecule has 0 amide bonds. The molecule has 0 atom stereocenters. The van der Waals surface area contributed by atoms with E-state index in [0.29, 0.717) is 0 Å². The second kappa shape index (κ2) is 4.78. The van der Waals surface area contributed by atoms with Crippen molar-refractivity contribution in [3.63, 3.8) is 0 Å². The van der Waals surface area contributed by atoms with E-state index in [4.69, 9.17) is 0 Å². The number of hydrogen-bond donors (Lipinski definition) is 0. The molecule has 0 radical (unpaired) electrons. The molecule has 1 aromatic carbocycles. The van der Waals surface area contributed by atoms with Gasteiger partial charge in [-0.15, -0.1) is 0 Å². The van der Waals surface area contributed by atoms with Crippen LogP contribution in [0.2, 0.25) is 0 Å². The molecule has 2 heteroatoms. The molecule has 1 nitrogen and oxygen atoms in total. The molecular formula is C18H18OS. The van der Waals surface area contributed by atoms with Gasteiger partial charge in [0, 0.05) is 15.4 Å². The van der Waals surface area contributed by atoms with E-state index in [1.54, 1.807) is 11.8 Å². The van der Waals surface area contributed by atoms with E-state index in [0.717, 1.165) is 22.5 Å². The summed E-state index contributed by atoms with van der Waals surface area (Å²) in [5.74, 6) is 0.127. The molecule has 20 heavy (non-hydrogen) atoms. The summed E-state index contributed by atoms with van der Waals surface area (Å²) in [4.78, 5) is 14.6. The third kappa shape index (κ3) is 2.40. The number of thioether (sulfide) groups is 1. The number of carbonyl (C=O) groups excluding carboxylic acids is 1. The molecule has 0 saturated heterocycles. The molecule has 1 aliphatic carbocycles. The largest absolute Gasteiger partial charge is 0.289 e. The normalized spacial score (nSPS) is 18.4. The quantitative estimate of drug-likeness (QED) is 0.653. The van der Waals surface area contributed by atoms with E-state index in [1.165, 1.54) is 10.5 Å². The molecule has 0 aromatic heterocycles. The summed E-state index contributed by atoms with van der Waals surface area (Å²) in [6.45, 7) is 6.66. The van der Waals surface area contributed by atoms with Crippen LogP contribution in [0.3, 0.4) is 0 Å². The Bertz CT molecular complexity index is 669. The number of allylic oxidation sites excluding steroid dienone is 5. The van der Waals surface area contributed by atoms with E-state index in [2.05, 4.69) is 32.9 Å². The molecule has 0 fully saturated rings. The van der Waals surface area contributed by atoms with Gasteiger partial charge in [-0.1, -0.05) is 56.3 Å². The number of ketones is 1. The SMILES string of the molecule is CC(C)(C)C1=CC=C2Sc3ccccc3C(=O)C=C2C1. The Hall–Kier alpha value is -1.54. The van der Waals surface area contributed by atoms with Gasteiger partial charge in [0.2, 0.25) is 0 Å². The number of hydrogen-bond acceptors (Lipinski definition) is 2. The maximum Gasteiger partial charge on any atom is 0.187 e. The second-order valence-electron chi connectivity index (χ2n) is 6.28. The lowest BCUT2D eigenvalue weighted by Crippen LogP contribution is -2.12. The Morgan fingerprint density at radius 2 is 1.85 bits per heavy atom. The highest BCUT2D eigenvalue weighted by molar-refractivity contribution is 8.03. The predicted octanol–water partition coefficient (Wildman–Crippen LogP) is 5.16. The Kier molecular flexibility index (Phi) is 3.21. The molecule has 1 aliphatic heterocycles. The highest BCUT2D eigenvalue weighted by Crippen LogP contribution is 2.44. The van der Waals surface area contributed by atoms with Gasteiger partial charge >= 0.3 is 0 Å². The Morgan fingerprint density at radius 1 is 1.10 bits per heavy atom. The van der Waals surface area contributed by atoms with Crippen LogP contribution in [0.15, 0.2) is 63.4 Å². The van der Waals surface area contributed by atoms with E-state index in [-0.39, 0.29) is 11.2 Å². The fraction of sp³-hybridized carbons (Fsp3) is 0.278. The first-order valence-corrected chi connectivity index (χ1v) is 7.70. The lowest BCUT2D eigenvalue weighted by molar-refractivity contribution is 0.104. The van der Waals surface area contributed by atoms with Crippen LogP contribution in [0.1, 0.15) is 37.6 Å². The summed E-state index contributed by atoms with van der Waals surface area (Å²) >= 11 is 1.71. The first kappa shape index (κ1) is 13.4. The molecule has 2 aliphatic rings. The standard InChI is InChI=1S/C18H18OS/c1-18(2,3)13-8-9-16-12(10-13)11-15(19)14-6-4-5-7-17(14)20-16/h4-9,11H,10H2,1-3H3. The van der Waals surface area contributed by atoms with Gasteiger partial charge in [0.1, 0.15) is 0 Å². The number of carbonyl (C=O) groups is 1. The highest BCUT2D eigenvalue weighted by Gasteiger charge is 2.25. The van der Waals surface area contributed by atoms with E-state index >= 15 is 0 Å². The van der Waals surface area contributed by atoms with Gasteiger partial charge in [-0.05, 0) is 41.7 Å². The van der Waals surface area contributed by atoms with Crippen LogP contribution >= 0.6 is 11.8 Å². The zero-order valence-corrected chi connectivity index (χ0v) is 12.9. The Balaban J connectivity index is 2.05. The fourth-order valence-electron chi connectivity index (χ4n) is 2.49. The van der Waals surface area contributed by atoms with E-state index < -0.39 is 0 Å². The smallest absolute Gasteiger partial charge is 0.187 e. The van der Waals surface area contributed by atoms with Crippen molar-refractivity contribution < 1.29 is 4.79 Å². The van der Waals surface area contributed by atoms with E-state index in [1.807, 2.05) is 30.3 Å². The molecule has 102 valence electrons. The highest BCUT2D eigenvalue weighted by atomic mass is 32.2. The van der Waals surface area contributed by atoms with Crippen molar-refractivity contribution in [3.05, 3.63) is 64.1 Å². The zero-order valence-electron chi connectivity index (χ0n) is 12.1. The van der Waals surface area contributed by atoms with Gasteiger partial charge in [0.05, 0.1) is 0 Å². The minimum absolute atomic E-state index is 0.127. The van der Waals surface area contributed by atoms with Crippen LogP contribution in [0, 0.1) is 5.41 Å². The molecule has 0 bridgehead atoms. The van der Waals surface area contributed by atoms with Crippen molar-refractivity contribution in [3.8, 4) is 0 Å². The maximum atomic E-state index is 12.4. The maximum absolute atomic E-state index is 12.4. The van der Waals surface area contributed by atoms with Crippen molar-refractivity contribution in [2.45, 2.75) is 32.1 Å². The van der Waals surface area contributed by atoms with Crippen LogP contribution in [0.4, 0.5) is 0 Å². The third-order valence-electron chi connectivity index (χ3n) is 3.77. The average Bonchev–Trinajstić information content (AvgIpc) is 2.53. The number of fused-ring (bicyclic) bond motifs is 2. The molecule has 0 spiro atoms. The lowest BCUT2D eigenvalue weighted by atomic mass is 9.80. The summed E-state index contributed by atoms with van der Waals surface area (Å²) in [5, 5.41) is 0. The molecule has 0 saturated carbocycles. The molecule has 1 heterocycles. The number of benzene rings is 1. The first-order valence-electron chi connectivity index (χ1n) is 6.88. The minimum Gasteiger partial charge on any atom is -0.289 e. The van der Waals surface area contributed by atoms with Gasteiger partial charge in [-0.3, -0.25) is 4.79 Å². The van der Waals surface area contributed by atoms with Crippen molar-refractivity contribution in [1.82, 2.24) is 0 Å². The minimum atomic E-state index is 0.127. The summed E-state index contributed by atoms with van der Waals surface area (Å²) < 4.78 is 0. The third-order valence-corrected chi connectivity index (χ3v) is 4.97. The lowest BCUT2D eigenvalue weighted by Gasteiger charge is -2.27. The van der Waals surface area contributed by atoms with Crippen LogP contribution in [-0.4, -0.2) is 5.78 Å². The van der Waals surface area contributed by atoms with Crippen molar-refractivity contribution in [2.75, 3.05) is 0 Å². The van der Waals surface area contributed by atoms with Gasteiger partial charge in [-0.2, -0.15) is 0 Å². The first-order chi connectivity index (χ1) is 9.45. The van der Waals surface area contributed by atoms with Crippen LogP contribution in [0.5, 0.6) is 0 Å². The second-order valence-corrected chi connectivity index (χ2v) is 7.37. The van der Waals surface area contributed by atoms with E-state index in [9.17, 15) is 4.79 Å². The molecule has 0 unspecified atom stereocenters. The molecular weight excluding hydrogens is 264 g/mol. The molecule has 0 N–H and O–H groups in total. The van der Waals surface area contributed by atoms with Crippen LogP contribution in [0.25, 0.3) is 0 Å². The summed E-state index contributed by atoms with van der Waals surface area (Å²) in [7, 11) is 0. The van der Waals surface area contributed by atoms with Crippen molar-refractivity contribution in [1.29, 1.82) is 0 Å². The van der Waals surface area contributed by atoms with Gasteiger partial charge in [0.25, 0.3) is 0 Å². The molecule has 3 rings (SSSR count). The van der Waals surface area contributed by atoms with Gasteiger partial charge < -0.3 is 0 Å². The van der Waals surface area contributed by atoms with Crippen LogP contribution < -0.4 is 0 Å². The molecule has 1 aromatic rings. The van der Waals surface area contributed by atoms with Crippen molar-refractivity contribution in [2.24, 2.45) is 5.41 Å². The summed E-state index contributed by atoms with van der Waals surface area (Å²) in [5.41, 5.74) is 3.50. The zero-order chi connectivity index (χ0) is 14.3. The monoisotopic (exact) mass is 282 g/mol. The van der Waals surface area contributed by atoms with Gasteiger partial charge in [0.15, 0.2) is 5.78 Å². The fourth-order valence-corrected chi connectivity index (χ4v) is 3.55. The Morgan fingerprint density at radius 3 is 2.60 bits per heavy atom. The Labute approximate surface area is 124 Å². The predicted molar refractivity (Wildman–Crippen MR) is 85.0 cm³/mol. The van der Waals surface area contributed by atoms with Gasteiger partial charge in [-0.25, -0.2) is 0 Å². The summed E-state index contributed by atoms with van der Waals surface area (Å²) in [6.07, 6.45) is 7.08. The summed E-state index contributed by atoms with van der Waals surface area (Å²) in [6, 6.07) is 7.86. The van der Waals surface area contributed by atoms with Crippen LogP contribution in [-0.2, 0) is 0 Å². The topological polar surface area (TPSA) is 17.1 Å². The number of rotatable bonds is 0.